The summed E-state index contributed by atoms with van der Waals surface area (Å²) in [6.45, 7) is 0.724. The Morgan fingerprint density at radius 1 is 1.50 bits per heavy atom. The van der Waals surface area contributed by atoms with Gasteiger partial charge in [0.2, 0.25) is 11.6 Å². The molecule has 14 heteroatoms. The fourth-order valence-electron chi connectivity index (χ4n) is 3.06. The second kappa shape index (κ2) is 8.50. The van der Waals surface area contributed by atoms with Crippen molar-refractivity contribution >= 4 is 40.9 Å². The van der Waals surface area contributed by atoms with Crippen LogP contribution in [0, 0.1) is 0 Å². The van der Waals surface area contributed by atoms with Crippen molar-refractivity contribution in [3.63, 3.8) is 0 Å². The molecule has 13 nitrogen and oxygen atoms in total. The number of fused-ring (bicyclic) bond motifs is 1. The molecule has 1 aliphatic heterocycles. The number of hydrogen-bond acceptors (Lipinski definition) is 12. The van der Waals surface area contributed by atoms with Crippen molar-refractivity contribution < 1.29 is 34.8 Å². The molecule has 0 saturated carbocycles. The van der Waals surface area contributed by atoms with Gasteiger partial charge in [0.05, 0.1) is 12.7 Å². The largest absolute Gasteiger partial charge is 0.394 e. The van der Waals surface area contributed by atoms with Crippen molar-refractivity contribution in [2.75, 3.05) is 18.2 Å². The molecule has 1 saturated heterocycles. The van der Waals surface area contributed by atoms with Crippen LogP contribution in [0.4, 0.5) is 5.82 Å². The van der Waals surface area contributed by atoms with E-state index < -0.39 is 48.7 Å². The highest BCUT2D eigenvalue weighted by molar-refractivity contribution is 7.98. The van der Waals surface area contributed by atoms with Crippen molar-refractivity contribution in [3.05, 3.63) is 6.33 Å². The lowest BCUT2D eigenvalue weighted by Crippen LogP contribution is -2.47. The molecule has 1 fully saturated rings. The Labute approximate surface area is 174 Å². The summed E-state index contributed by atoms with van der Waals surface area (Å²) in [7, 11) is 0. The standard InChI is InChI=1S/C16H22N6O7S/c1-6(25)8(17)14(28)19-12-9-13(21-15(20-12)30-2)22(5-18-9)16(4-24)11(27)10(26)7(3-23)29-16/h4-8,10-11,23,25-27H,3,17H2,1-2H3,(H,19,20,21,28)/t6?,7-,8?,10-,11-,16-/m1/s1. The lowest BCUT2D eigenvalue weighted by molar-refractivity contribution is -0.160. The summed E-state index contributed by atoms with van der Waals surface area (Å²) in [6, 6.07) is -1.23. The zero-order valence-electron chi connectivity index (χ0n) is 16.0. The lowest BCUT2D eigenvalue weighted by Gasteiger charge is -2.27. The summed E-state index contributed by atoms with van der Waals surface area (Å²) in [5, 5.41) is 42.2. The monoisotopic (exact) mass is 442 g/mol. The predicted molar refractivity (Wildman–Crippen MR) is 103 cm³/mol. The number of imidazole rings is 1. The Kier molecular flexibility index (Phi) is 6.37. The molecule has 0 aromatic carbocycles. The number of ether oxygens (including phenoxy) is 1. The molecule has 3 heterocycles. The van der Waals surface area contributed by atoms with Gasteiger partial charge in [-0.3, -0.25) is 14.2 Å². The zero-order chi connectivity index (χ0) is 22.2. The Bertz CT molecular complexity index is 956. The highest BCUT2D eigenvalue weighted by Gasteiger charge is 2.56. The van der Waals surface area contributed by atoms with Crippen LogP contribution in [0.25, 0.3) is 11.2 Å². The second-order valence-corrected chi connectivity index (χ2v) is 7.52. The minimum absolute atomic E-state index is 0.0206. The van der Waals surface area contributed by atoms with Gasteiger partial charge in [-0.05, 0) is 13.2 Å². The summed E-state index contributed by atoms with van der Waals surface area (Å²) in [6.07, 6.45) is -2.50. The van der Waals surface area contributed by atoms with E-state index in [1.807, 2.05) is 0 Å². The number of aldehydes is 1. The summed E-state index contributed by atoms with van der Waals surface area (Å²) in [5.74, 6) is -0.749. The smallest absolute Gasteiger partial charge is 0.245 e. The topological polar surface area (TPSA) is 206 Å². The zero-order valence-corrected chi connectivity index (χ0v) is 16.9. The molecule has 7 N–H and O–H groups in total. The van der Waals surface area contributed by atoms with Gasteiger partial charge >= 0.3 is 0 Å². The SMILES string of the molecule is CSc1nc(NC(=O)C(N)C(C)O)c2ncn([C@]3(C=O)O[C@H](CO)[C@@H](O)[C@H]3O)c2n1. The van der Waals surface area contributed by atoms with E-state index in [0.717, 1.165) is 22.7 Å². The molecule has 3 rings (SSSR count). The molecule has 1 aliphatic rings. The number of aliphatic hydroxyl groups excluding tert-OH is 4. The Balaban J connectivity index is 2.13. The Hall–Kier alpha value is -2.20. The molecule has 2 aromatic heterocycles. The van der Waals surface area contributed by atoms with E-state index in [4.69, 9.17) is 10.5 Å². The van der Waals surface area contributed by atoms with Crippen LogP contribution < -0.4 is 11.1 Å². The predicted octanol–water partition coefficient (Wildman–Crippen LogP) is -2.84. The first kappa shape index (κ1) is 22.5. The molecule has 164 valence electrons. The second-order valence-electron chi connectivity index (χ2n) is 6.75. The van der Waals surface area contributed by atoms with Gasteiger partial charge in [-0.2, -0.15) is 0 Å². The average molecular weight is 442 g/mol. The van der Waals surface area contributed by atoms with E-state index in [2.05, 4.69) is 20.3 Å². The molecular weight excluding hydrogens is 420 g/mol. The van der Waals surface area contributed by atoms with Crippen LogP contribution in [0.15, 0.2) is 11.5 Å². The highest BCUT2D eigenvalue weighted by Crippen LogP contribution is 2.37. The maximum atomic E-state index is 12.3. The number of nitrogens with zero attached hydrogens (tertiary/aromatic N) is 4. The number of aromatic nitrogens is 4. The number of amides is 1. The van der Waals surface area contributed by atoms with E-state index in [0.29, 0.717) is 0 Å². The van der Waals surface area contributed by atoms with Crippen LogP contribution >= 0.6 is 11.8 Å². The van der Waals surface area contributed by atoms with Crippen molar-refractivity contribution in [1.82, 2.24) is 19.5 Å². The number of hydrogen-bond donors (Lipinski definition) is 6. The fourth-order valence-corrected chi connectivity index (χ4v) is 3.42. The summed E-state index contributed by atoms with van der Waals surface area (Å²) in [5.41, 5.74) is 3.61. The quantitative estimate of drug-likeness (QED) is 0.146. The van der Waals surface area contributed by atoms with Gasteiger partial charge in [-0.25, -0.2) is 15.0 Å². The van der Waals surface area contributed by atoms with E-state index in [9.17, 15) is 30.0 Å². The van der Waals surface area contributed by atoms with Crippen LogP contribution in [0.1, 0.15) is 6.92 Å². The number of thioether (sulfide) groups is 1. The first-order valence-corrected chi connectivity index (χ1v) is 10.1. The molecule has 0 radical (unpaired) electrons. The fraction of sp³-hybridized carbons (Fsp3) is 0.562. The molecular formula is C16H22N6O7S. The number of aliphatic hydroxyl groups is 4. The maximum absolute atomic E-state index is 12.3. The van der Waals surface area contributed by atoms with E-state index >= 15 is 0 Å². The molecule has 30 heavy (non-hydrogen) atoms. The average Bonchev–Trinajstić information content (AvgIpc) is 3.27. The van der Waals surface area contributed by atoms with Gasteiger partial charge in [0, 0.05) is 0 Å². The third-order valence-electron chi connectivity index (χ3n) is 4.82. The Morgan fingerprint density at radius 3 is 2.73 bits per heavy atom. The van der Waals surface area contributed by atoms with E-state index in [1.54, 1.807) is 6.26 Å². The normalized spacial score (nSPS) is 28.4. The molecule has 1 amide bonds. The van der Waals surface area contributed by atoms with Crippen LogP contribution in [0.3, 0.4) is 0 Å². The summed E-state index contributed by atoms with van der Waals surface area (Å²) >= 11 is 1.13. The molecule has 2 aromatic rings. The Morgan fingerprint density at radius 2 is 2.20 bits per heavy atom. The molecule has 0 spiro atoms. The van der Waals surface area contributed by atoms with E-state index in [-0.39, 0.29) is 28.4 Å². The number of nitrogens with two attached hydrogens (primary N) is 1. The molecule has 2 unspecified atom stereocenters. The molecule has 0 bridgehead atoms. The number of carbonyl (C=O) groups is 2. The lowest BCUT2D eigenvalue weighted by atomic mass is 10.0. The maximum Gasteiger partial charge on any atom is 0.245 e. The van der Waals surface area contributed by atoms with Crippen LogP contribution in [0.5, 0.6) is 0 Å². The van der Waals surface area contributed by atoms with Crippen molar-refractivity contribution in [2.24, 2.45) is 5.73 Å². The van der Waals surface area contributed by atoms with Gasteiger partial charge < -0.3 is 36.2 Å². The number of carbonyl (C=O) groups excluding carboxylic acids is 2. The molecule has 0 aliphatic carbocycles. The number of anilines is 1. The van der Waals surface area contributed by atoms with Gasteiger partial charge in [-0.15, -0.1) is 0 Å². The van der Waals surface area contributed by atoms with Crippen LogP contribution in [-0.4, -0.2) is 95.5 Å². The van der Waals surface area contributed by atoms with E-state index in [1.165, 1.54) is 6.92 Å². The van der Waals surface area contributed by atoms with Gasteiger partial charge in [0.1, 0.15) is 30.7 Å². The van der Waals surface area contributed by atoms with Gasteiger partial charge in [-0.1, -0.05) is 11.8 Å². The first-order valence-electron chi connectivity index (χ1n) is 8.85. The summed E-state index contributed by atoms with van der Waals surface area (Å²) < 4.78 is 6.59. The van der Waals surface area contributed by atoms with Crippen molar-refractivity contribution in [1.29, 1.82) is 0 Å². The van der Waals surface area contributed by atoms with Crippen LogP contribution in [0.2, 0.25) is 0 Å². The molecule has 6 atom stereocenters. The van der Waals surface area contributed by atoms with Crippen LogP contribution in [-0.2, 0) is 20.1 Å². The third-order valence-corrected chi connectivity index (χ3v) is 5.36. The number of nitrogens with one attached hydrogen (secondary N) is 1. The van der Waals surface area contributed by atoms with Gasteiger partial charge in [0.15, 0.2) is 28.4 Å². The highest BCUT2D eigenvalue weighted by atomic mass is 32.2. The van der Waals surface area contributed by atoms with Crippen molar-refractivity contribution in [2.45, 2.75) is 48.3 Å². The number of rotatable bonds is 7. The first-order chi connectivity index (χ1) is 14.2. The third kappa shape index (κ3) is 3.56. The summed E-state index contributed by atoms with van der Waals surface area (Å²) in [4.78, 5) is 36.8. The minimum Gasteiger partial charge on any atom is -0.394 e. The minimum atomic E-state index is -2.11. The van der Waals surface area contributed by atoms with Crippen molar-refractivity contribution in [3.8, 4) is 0 Å². The van der Waals surface area contributed by atoms with Gasteiger partial charge in [0.25, 0.3) is 0 Å².